The molecule has 2 aliphatic heterocycles. The highest BCUT2D eigenvalue weighted by Gasteiger charge is 2.62. The molecule has 3 aliphatic rings. The maximum absolute atomic E-state index is 12.8. The van der Waals surface area contributed by atoms with Gasteiger partial charge in [0.2, 0.25) is 11.8 Å². The van der Waals surface area contributed by atoms with Gasteiger partial charge in [-0.05, 0) is 6.42 Å². The molecular formula is C17H21N3O6S. The summed E-state index contributed by atoms with van der Waals surface area (Å²) in [5, 5.41) is 9.24. The van der Waals surface area contributed by atoms with Gasteiger partial charge in [0.25, 0.3) is 5.91 Å². The summed E-state index contributed by atoms with van der Waals surface area (Å²) < 4.78 is 0. The van der Waals surface area contributed by atoms with Crippen molar-refractivity contribution in [1.82, 2.24) is 15.3 Å². The standard InChI is InChI=1S/C17H21N3O6S/c1-10(21)20(11-6-4-3-5-7-11)12-13(22)19-8-17(16(24)25,9-27-14(12)19)15(23)18-26-2/h3-4,7,12,14H,5-6,8-9H2,1-2H3,(H,18,23)(H,24,25)/t12?,14-,17?/m1/s1. The molecule has 2 saturated heterocycles. The smallest absolute Gasteiger partial charge is 0.322 e. The first kappa shape index (κ1) is 19.4. The SMILES string of the molecule is CONC(=O)C1(C(=O)O)CS[C@@H]2C(N(C(C)=O)C3=CCC=CC3)C(=O)N2C1. The molecule has 2 fully saturated rings. The Morgan fingerprint density at radius 3 is 2.70 bits per heavy atom. The van der Waals surface area contributed by atoms with E-state index in [2.05, 4.69) is 10.3 Å². The molecular weight excluding hydrogens is 374 g/mol. The Kier molecular flexibility index (Phi) is 5.29. The lowest BCUT2D eigenvalue weighted by molar-refractivity contribution is -0.170. The predicted octanol–water partition coefficient (Wildman–Crippen LogP) is 0.101. The van der Waals surface area contributed by atoms with Crippen molar-refractivity contribution in [3.63, 3.8) is 0 Å². The van der Waals surface area contributed by atoms with Crippen LogP contribution in [-0.2, 0) is 24.0 Å². The molecule has 2 unspecified atom stereocenters. The number of fused-ring (bicyclic) bond motifs is 1. The third-order valence-electron chi connectivity index (χ3n) is 5.00. The van der Waals surface area contributed by atoms with Crippen LogP contribution in [0.5, 0.6) is 0 Å². The Bertz CT molecular complexity index is 751. The number of carbonyl (C=O) groups excluding carboxylic acids is 3. The number of carbonyl (C=O) groups is 4. The summed E-state index contributed by atoms with van der Waals surface area (Å²) in [7, 11) is 1.22. The third kappa shape index (κ3) is 3.12. The molecule has 0 bridgehead atoms. The molecule has 1 aliphatic carbocycles. The number of hydrogen-bond donors (Lipinski definition) is 2. The lowest BCUT2D eigenvalue weighted by Crippen LogP contribution is -2.75. The quantitative estimate of drug-likeness (QED) is 0.294. The van der Waals surface area contributed by atoms with Gasteiger partial charge in [0, 0.05) is 31.3 Å². The average Bonchev–Trinajstić information content (AvgIpc) is 2.65. The van der Waals surface area contributed by atoms with Crippen molar-refractivity contribution in [1.29, 1.82) is 0 Å². The summed E-state index contributed by atoms with van der Waals surface area (Å²) in [6.45, 7) is 1.16. The number of carboxylic acids is 1. The first-order valence-corrected chi connectivity index (χ1v) is 9.51. The topological polar surface area (TPSA) is 116 Å². The Labute approximate surface area is 160 Å². The molecule has 0 saturated carbocycles. The number of hydrogen-bond acceptors (Lipinski definition) is 6. The zero-order valence-electron chi connectivity index (χ0n) is 15.0. The minimum Gasteiger partial charge on any atom is -0.480 e. The van der Waals surface area contributed by atoms with Crippen LogP contribution >= 0.6 is 11.8 Å². The fourth-order valence-electron chi connectivity index (χ4n) is 3.57. The molecule has 9 nitrogen and oxygen atoms in total. The zero-order valence-corrected chi connectivity index (χ0v) is 15.8. The normalized spacial score (nSPS) is 29.3. The summed E-state index contributed by atoms with van der Waals surface area (Å²) in [4.78, 5) is 56.5. The highest BCUT2D eigenvalue weighted by atomic mass is 32.2. The molecule has 3 rings (SSSR count). The van der Waals surface area contributed by atoms with Crippen LogP contribution in [0.25, 0.3) is 0 Å². The van der Waals surface area contributed by atoms with Gasteiger partial charge in [-0.3, -0.25) is 24.0 Å². The minimum atomic E-state index is -1.79. The summed E-state index contributed by atoms with van der Waals surface area (Å²) >= 11 is 1.19. The van der Waals surface area contributed by atoms with E-state index in [0.29, 0.717) is 12.8 Å². The number of β-lactam (4-membered cyclic amide) rings is 1. The molecule has 0 aromatic carbocycles. The zero-order chi connectivity index (χ0) is 19.8. The molecule has 2 N–H and O–H groups in total. The van der Waals surface area contributed by atoms with Crippen LogP contribution in [0.1, 0.15) is 19.8 Å². The first-order chi connectivity index (χ1) is 12.8. The van der Waals surface area contributed by atoms with Crippen LogP contribution in [0.2, 0.25) is 0 Å². The Hall–Kier alpha value is -2.33. The number of thioether (sulfide) groups is 1. The number of aliphatic carboxylic acids is 1. The predicted molar refractivity (Wildman–Crippen MR) is 95.9 cm³/mol. The largest absolute Gasteiger partial charge is 0.480 e. The van der Waals surface area contributed by atoms with Gasteiger partial charge in [0.05, 0.1) is 7.11 Å². The van der Waals surface area contributed by atoms with Gasteiger partial charge in [-0.2, -0.15) is 0 Å². The fraction of sp³-hybridized carbons (Fsp3) is 0.529. The van der Waals surface area contributed by atoms with Crippen LogP contribution < -0.4 is 5.48 Å². The van der Waals surface area contributed by atoms with Gasteiger partial charge in [-0.25, -0.2) is 5.48 Å². The van der Waals surface area contributed by atoms with Gasteiger partial charge < -0.3 is 14.9 Å². The van der Waals surface area contributed by atoms with Crippen molar-refractivity contribution in [2.75, 3.05) is 19.4 Å². The number of carboxylic acid groups (broad SMARTS) is 1. The van der Waals surface area contributed by atoms with Crippen LogP contribution in [0, 0.1) is 5.41 Å². The van der Waals surface area contributed by atoms with Gasteiger partial charge in [-0.1, -0.05) is 18.2 Å². The number of rotatable bonds is 5. The Balaban J connectivity index is 1.82. The van der Waals surface area contributed by atoms with E-state index in [0.717, 1.165) is 5.70 Å². The van der Waals surface area contributed by atoms with E-state index in [1.165, 1.54) is 35.6 Å². The van der Waals surface area contributed by atoms with Gasteiger partial charge in [0.1, 0.15) is 11.4 Å². The Morgan fingerprint density at radius 1 is 1.41 bits per heavy atom. The maximum Gasteiger partial charge on any atom is 0.322 e. The molecule has 10 heteroatoms. The summed E-state index contributed by atoms with van der Waals surface area (Å²) in [5.74, 6) is -2.73. The van der Waals surface area contributed by atoms with Crippen molar-refractivity contribution in [2.24, 2.45) is 5.41 Å². The average molecular weight is 395 g/mol. The summed E-state index contributed by atoms with van der Waals surface area (Å²) in [5.41, 5.74) is 1.05. The summed E-state index contributed by atoms with van der Waals surface area (Å²) in [6.07, 6.45) is 7.11. The third-order valence-corrected chi connectivity index (χ3v) is 6.52. The molecule has 3 amide bonds. The number of amides is 3. The molecule has 3 atom stereocenters. The lowest BCUT2D eigenvalue weighted by atomic mass is 9.86. The lowest BCUT2D eigenvalue weighted by Gasteiger charge is -2.55. The highest BCUT2D eigenvalue weighted by Crippen LogP contribution is 2.45. The van der Waals surface area contributed by atoms with E-state index in [4.69, 9.17) is 0 Å². The van der Waals surface area contributed by atoms with Crippen molar-refractivity contribution < 1.29 is 29.1 Å². The number of hydroxylamine groups is 1. The van der Waals surface area contributed by atoms with Crippen molar-refractivity contribution in [3.05, 3.63) is 23.9 Å². The molecule has 0 aromatic rings. The van der Waals surface area contributed by atoms with Crippen molar-refractivity contribution in [2.45, 2.75) is 31.2 Å². The van der Waals surface area contributed by atoms with Crippen LogP contribution in [0.3, 0.4) is 0 Å². The first-order valence-electron chi connectivity index (χ1n) is 8.46. The second-order valence-electron chi connectivity index (χ2n) is 6.63. The van der Waals surface area contributed by atoms with E-state index >= 15 is 0 Å². The van der Waals surface area contributed by atoms with E-state index in [9.17, 15) is 24.3 Å². The molecule has 27 heavy (non-hydrogen) atoms. The number of allylic oxidation sites excluding steroid dienone is 3. The summed E-state index contributed by atoms with van der Waals surface area (Å²) in [6, 6.07) is -0.678. The van der Waals surface area contributed by atoms with E-state index in [1.807, 2.05) is 18.2 Å². The van der Waals surface area contributed by atoms with Gasteiger partial charge >= 0.3 is 5.97 Å². The van der Waals surface area contributed by atoms with Crippen molar-refractivity contribution in [3.8, 4) is 0 Å². The van der Waals surface area contributed by atoms with Crippen LogP contribution in [-0.4, -0.2) is 69.4 Å². The van der Waals surface area contributed by atoms with E-state index in [1.54, 1.807) is 0 Å². The maximum atomic E-state index is 12.8. The number of nitrogens with zero attached hydrogens (tertiary/aromatic N) is 2. The molecule has 146 valence electrons. The van der Waals surface area contributed by atoms with Gasteiger partial charge in [0.15, 0.2) is 5.41 Å². The molecule has 2 heterocycles. The van der Waals surface area contributed by atoms with E-state index in [-0.39, 0.29) is 29.5 Å². The Morgan fingerprint density at radius 2 is 2.15 bits per heavy atom. The highest BCUT2D eigenvalue weighted by molar-refractivity contribution is 8.00. The van der Waals surface area contributed by atoms with E-state index < -0.39 is 23.3 Å². The van der Waals surface area contributed by atoms with Gasteiger partial charge in [-0.15, -0.1) is 11.8 Å². The van der Waals surface area contributed by atoms with Crippen molar-refractivity contribution >= 4 is 35.5 Å². The molecule has 0 spiro atoms. The number of nitrogens with one attached hydrogen (secondary N) is 1. The van der Waals surface area contributed by atoms with Crippen LogP contribution in [0.15, 0.2) is 23.9 Å². The molecule has 0 radical (unpaired) electrons. The second kappa shape index (κ2) is 7.35. The molecule has 0 aromatic heterocycles. The monoisotopic (exact) mass is 395 g/mol. The van der Waals surface area contributed by atoms with Crippen LogP contribution in [0.4, 0.5) is 0 Å². The second-order valence-corrected chi connectivity index (χ2v) is 7.74. The fourth-order valence-corrected chi connectivity index (χ4v) is 5.15. The minimum absolute atomic E-state index is 0.0207.